The SMILES string of the molecule is COC(=O)C1CC2C(=O)CCC1N2C. The van der Waals surface area contributed by atoms with Gasteiger partial charge in [0.15, 0.2) is 0 Å². The van der Waals surface area contributed by atoms with E-state index in [0.29, 0.717) is 12.8 Å². The summed E-state index contributed by atoms with van der Waals surface area (Å²) in [5.41, 5.74) is 0. The van der Waals surface area contributed by atoms with Crippen LogP contribution in [-0.4, -0.2) is 42.9 Å². The topological polar surface area (TPSA) is 46.6 Å². The molecule has 0 saturated carbocycles. The molecule has 0 radical (unpaired) electrons. The first-order valence-electron chi connectivity index (χ1n) is 4.97. The average molecular weight is 197 g/mol. The summed E-state index contributed by atoms with van der Waals surface area (Å²) < 4.78 is 4.75. The van der Waals surface area contributed by atoms with Gasteiger partial charge in [0.2, 0.25) is 0 Å². The molecule has 2 rings (SSSR count). The Labute approximate surface area is 83.2 Å². The molecule has 2 bridgehead atoms. The predicted molar refractivity (Wildman–Crippen MR) is 49.7 cm³/mol. The second kappa shape index (κ2) is 3.35. The third-order valence-electron chi connectivity index (χ3n) is 3.52. The Balaban J connectivity index is 2.18. The number of carbonyl (C=O) groups is 2. The van der Waals surface area contributed by atoms with Crippen LogP contribution in [0, 0.1) is 5.92 Å². The quantitative estimate of drug-likeness (QED) is 0.564. The zero-order chi connectivity index (χ0) is 10.3. The molecule has 14 heavy (non-hydrogen) atoms. The number of Topliss-reactive ketones (excluding diaryl/α,β-unsaturated/α-hetero) is 1. The third-order valence-corrected chi connectivity index (χ3v) is 3.52. The van der Waals surface area contributed by atoms with Crippen LogP contribution in [0.3, 0.4) is 0 Å². The molecule has 4 heteroatoms. The predicted octanol–water partition coefficient (Wildman–Crippen LogP) is 0.211. The fourth-order valence-electron chi connectivity index (χ4n) is 2.70. The number of ether oxygens (including phenoxy) is 1. The highest BCUT2D eigenvalue weighted by molar-refractivity contribution is 5.87. The van der Waals surface area contributed by atoms with Gasteiger partial charge in [-0.05, 0) is 19.9 Å². The standard InChI is InChI=1S/C10H15NO3/c1-11-7-3-4-9(12)8(11)5-6(7)10(13)14-2/h6-8H,3-5H2,1-2H3. The second-order valence-electron chi connectivity index (χ2n) is 4.12. The van der Waals surface area contributed by atoms with E-state index < -0.39 is 0 Å². The van der Waals surface area contributed by atoms with Gasteiger partial charge in [0.1, 0.15) is 5.78 Å². The highest BCUT2D eigenvalue weighted by Gasteiger charge is 2.48. The molecule has 0 aromatic rings. The van der Waals surface area contributed by atoms with E-state index in [2.05, 4.69) is 0 Å². The van der Waals surface area contributed by atoms with E-state index in [1.54, 1.807) is 0 Å². The summed E-state index contributed by atoms with van der Waals surface area (Å²) in [5.74, 6) is 0.00986. The lowest BCUT2D eigenvalue weighted by atomic mass is 9.98. The van der Waals surface area contributed by atoms with Crippen molar-refractivity contribution in [1.29, 1.82) is 0 Å². The Morgan fingerprint density at radius 1 is 1.57 bits per heavy atom. The first kappa shape index (κ1) is 9.65. The number of esters is 1. The van der Waals surface area contributed by atoms with Crippen molar-refractivity contribution < 1.29 is 14.3 Å². The lowest BCUT2D eigenvalue weighted by Crippen LogP contribution is -2.43. The van der Waals surface area contributed by atoms with Crippen molar-refractivity contribution in [3.8, 4) is 0 Å². The van der Waals surface area contributed by atoms with Crippen LogP contribution in [0.15, 0.2) is 0 Å². The zero-order valence-electron chi connectivity index (χ0n) is 8.53. The van der Waals surface area contributed by atoms with Gasteiger partial charge in [-0.3, -0.25) is 14.5 Å². The maximum Gasteiger partial charge on any atom is 0.310 e. The van der Waals surface area contributed by atoms with Crippen LogP contribution in [0.1, 0.15) is 19.3 Å². The molecule has 3 atom stereocenters. The molecular formula is C10H15NO3. The normalized spacial score (nSPS) is 37.3. The lowest BCUT2D eigenvalue weighted by Gasteiger charge is -2.30. The van der Waals surface area contributed by atoms with Gasteiger partial charge in [-0.1, -0.05) is 0 Å². The Morgan fingerprint density at radius 2 is 2.29 bits per heavy atom. The molecule has 78 valence electrons. The molecular weight excluding hydrogens is 182 g/mol. The van der Waals surface area contributed by atoms with Crippen molar-refractivity contribution in [3.63, 3.8) is 0 Å². The number of nitrogens with zero attached hydrogens (tertiary/aromatic N) is 1. The number of rotatable bonds is 1. The van der Waals surface area contributed by atoms with E-state index in [9.17, 15) is 9.59 Å². The fraction of sp³-hybridized carbons (Fsp3) is 0.800. The van der Waals surface area contributed by atoms with E-state index in [1.807, 2.05) is 11.9 Å². The molecule has 0 amide bonds. The fourth-order valence-corrected chi connectivity index (χ4v) is 2.70. The number of fused-ring (bicyclic) bond motifs is 2. The summed E-state index contributed by atoms with van der Waals surface area (Å²) in [6.07, 6.45) is 2.06. The summed E-state index contributed by atoms with van der Waals surface area (Å²) >= 11 is 0. The molecule has 2 fully saturated rings. The van der Waals surface area contributed by atoms with Crippen LogP contribution in [0.5, 0.6) is 0 Å². The molecule has 2 aliphatic rings. The molecule has 0 aliphatic carbocycles. The summed E-state index contributed by atoms with van der Waals surface area (Å²) in [7, 11) is 3.34. The largest absolute Gasteiger partial charge is 0.469 e. The van der Waals surface area contributed by atoms with Crippen molar-refractivity contribution >= 4 is 11.8 Å². The van der Waals surface area contributed by atoms with E-state index >= 15 is 0 Å². The second-order valence-corrected chi connectivity index (χ2v) is 4.12. The van der Waals surface area contributed by atoms with Crippen LogP contribution in [-0.2, 0) is 14.3 Å². The van der Waals surface area contributed by atoms with Gasteiger partial charge < -0.3 is 4.74 Å². The first-order valence-corrected chi connectivity index (χ1v) is 4.97. The number of likely N-dealkylation sites (N-methyl/N-ethyl adjacent to an activating group) is 1. The van der Waals surface area contributed by atoms with Crippen molar-refractivity contribution in [3.05, 3.63) is 0 Å². The van der Waals surface area contributed by atoms with Crippen LogP contribution in [0.2, 0.25) is 0 Å². The Hall–Kier alpha value is -0.900. The average Bonchev–Trinajstić information content (AvgIpc) is 2.39. The maximum atomic E-state index is 11.5. The van der Waals surface area contributed by atoms with Gasteiger partial charge in [-0.15, -0.1) is 0 Å². The monoisotopic (exact) mass is 197 g/mol. The van der Waals surface area contributed by atoms with Crippen LogP contribution < -0.4 is 0 Å². The minimum atomic E-state index is -0.168. The van der Waals surface area contributed by atoms with E-state index in [-0.39, 0.29) is 29.8 Å². The first-order chi connectivity index (χ1) is 6.65. The highest BCUT2D eigenvalue weighted by atomic mass is 16.5. The van der Waals surface area contributed by atoms with Gasteiger partial charge in [0.05, 0.1) is 19.1 Å². The van der Waals surface area contributed by atoms with E-state index in [0.717, 1.165) is 6.42 Å². The molecule has 2 saturated heterocycles. The van der Waals surface area contributed by atoms with E-state index in [1.165, 1.54) is 7.11 Å². The number of piperidine rings is 1. The van der Waals surface area contributed by atoms with Gasteiger partial charge in [0, 0.05) is 12.5 Å². The molecule has 3 unspecified atom stereocenters. The summed E-state index contributed by atoms with van der Waals surface area (Å²) in [4.78, 5) is 25.0. The Bertz CT molecular complexity index is 277. The van der Waals surface area contributed by atoms with Gasteiger partial charge in [-0.2, -0.15) is 0 Å². The van der Waals surface area contributed by atoms with Crippen molar-refractivity contribution in [2.45, 2.75) is 31.3 Å². The minimum absolute atomic E-state index is 0.0437. The van der Waals surface area contributed by atoms with Crippen LogP contribution >= 0.6 is 0 Å². The van der Waals surface area contributed by atoms with Gasteiger partial charge in [-0.25, -0.2) is 0 Å². The van der Waals surface area contributed by atoms with E-state index in [4.69, 9.17) is 4.74 Å². The third kappa shape index (κ3) is 1.25. The summed E-state index contributed by atoms with van der Waals surface area (Å²) in [6, 6.07) is 0.169. The number of hydrogen-bond donors (Lipinski definition) is 0. The number of ketones is 1. The van der Waals surface area contributed by atoms with Crippen molar-refractivity contribution in [2.75, 3.05) is 14.2 Å². The van der Waals surface area contributed by atoms with Gasteiger partial charge >= 0.3 is 5.97 Å². The molecule has 0 spiro atoms. The van der Waals surface area contributed by atoms with Crippen LogP contribution in [0.4, 0.5) is 0 Å². The molecule has 2 heterocycles. The molecule has 4 nitrogen and oxygen atoms in total. The van der Waals surface area contributed by atoms with Gasteiger partial charge in [0.25, 0.3) is 0 Å². The smallest absolute Gasteiger partial charge is 0.310 e. The highest BCUT2D eigenvalue weighted by Crippen LogP contribution is 2.37. The van der Waals surface area contributed by atoms with Crippen molar-refractivity contribution in [1.82, 2.24) is 4.90 Å². The molecule has 2 aliphatic heterocycles. The lowest BCUT2D eigenvalue weighted by molar-refractivity contribution is -0.146. The number of carbonyl (C=O) groups excluding carboxylic acids is 2. The maximum absolute atomic E-state index is 11.5. The molecule has 0 aromatic carbocycles. The van der Waals surface area contributed by atoms with Crippen molar-refractivity contribution in [2.24, 2.45) is 5.92 Å². The summed E-state index contributed by atoms with van der Waals surface area (Å²) in [5, 5.41) is 0. The zero-order valence-corrected chi connectivity index (χ0v) is 8.53. The molecule has 0 N–H and O–H groups in total. The number of methoxy groups -OCH3 is 1. The summed E-state index contributed by atoms with van der Waals surface area (Å²) in [6.45, 7) is 0. The Morgan fingerprint density at radius 3 is 2.86 bits per heavy atom. The molecule has 0 aromatic heterocycles. The minimum Gasteiger partial charge on any atom is -0.469 e. The van der Waals surface area contributed by atoms with Crippen LogP contribution in [0.25, 0.3) is 0 Å². The number of hydrogen-bond acceptors (Lipinski definition) is 4. The Kier molecular flexibility index (Phi) is 2.31.